The molecule has 1 fully saturated rings. The molecule has 0 aliphatic heterocycles. The second-order valence-corrected chi connectivity index (χ2v) is 10.2. The molecule has 0 unspecified atom stereocenters. The van der Waals surface area contributed by atoms with E-state index in [1.165, 1.54) is 0 Å². The van der Waals surface area contributed by atoms with Crippen LogP contribution < -0.4 is 14.8 Å². The van der Waals surface area contributed by atoms with E-state index >= 15 is 0 Å². The van der Waals surface area contributed by atoms with Crippen molar-refractivity contribution in [2.75, 3.05) is 11.9 Å². The summed E-state index contributed by atoms with van der Waals surface area (Å²) in [6, 6.07) is 6.76. The first-order chi connectivity index (χ1) is 12.6. The third-order valence-corrected chi connectivity index (χ3v) is 6.90. The fraction of sp³-hybridized carbons (Fsp3) is 0.579. The lowest BCUT2D eigenvalue weighted by Crippen LogP contribution is -2.46. The quantitative estimate of drug-likeness (QED) is 0.690. The van der Waals surface area contributed by atoms with E-state index in [9.17, 15) is 18.0 Å². The Labute approximate surface area is 160 Å². The lowest BCUT2D eigenvalue weighted by Gasteiger charge is -2.30. The van der Waals surface area contributed by atoms with Crippen LogP contribution in [0.3, 0.4) is 0 Å². The van der Waals surface area contributed by atoms with Gasteiger partial charge in [-0.15, -0.1) is 0 Å². The Morgan fingerprint density at radius 3 is 2.48 bits per heavy atom. The molecule has 0 heterocycles. The lowest BCUT2D eigenvalue weighted by molar-refractivity contribution is -0.120. The number of amides is 1. The average Bonchev–Trinajstić information content (AvgIpc) is 2.59. The first kappa shape index (κ1) is 21.4. The van der Waals surface area contributed by atoms with Crippen LogP contribution in [-0.4, -0.2) is 38.0 Å². The molecule has 0 spiro atoms. The minimum Gasteiger partial charge on any atom is -0.486 e. The average molecular weight is 397 g/mol. The number of nitrogens with one attached hydrogen (secondary N) is 2. The van der Waals surface area contributed by atoms with Crippen LogP contribution in [0.5, 0.6) is 5.75 Å². The maximum atomic E-state index is 12.5. The molecule has 1 saturated carbocycles. The smallest absolute Gasteiger partial charge is 0.227 e. The molecule has 0 aromatic heterocycles. The van der Waals surface area contributed by atoms with Gasteiger partial charge < -0.3 is 10.1 Å². The topological polar surface area (TPSA) is 102 Å². The minimum atomic E-state index is -3.39. The fourth-order valence-electron chi connectivity index (χ4n) is 2.91. The standard InChI is InChI=1S/C19H28N2O5S/c1-19(2,3)27(24,25)21-15-9-7-14(8-10-15)18(23)20-16-5-4-6-17(13-16)26-12-11-22/h4-6,11,13-15,21H,7-10,12H2,1-3H3,(H,20,23). The van der Waals surface area contributed by atoms with Crippen LogP contribution in [0.2, 0.25) is 0 Å². The Balaban J connectivity index is 1.87. The molecule has 0 saturated heterocycles. The molecule has 8 heteroatoms. The van der Waals surface area contributed by atoms with Crippen LogP contribution in [0.25, 0.3) is 0 Å². The van der Waals surface area contributed by atoms with Gasteiger partial charge in [0.15, 0.2) is 6.29 Å². The molecule has 1 amide bonds. The number of rotatable bonds is 7. The van der Waals surface area contributed by atoms with E-state index in [0.717, 1.165) is 0 Å². The molecular formula is C19H28N2O5S. The Morgan fingerprint density at radius 2 is 1.89 bits per heavy atom. The minimum absolute atomic E-state index is 0.0358. The van der Waals surface area contributed by atoms with Crippen molar-refractivity contribution in [1.82, 2.24) is 4.72 Å². The lowest BCUT2D eigenvalue weighted by atomic mass is 9.86. The van der Waals surface area contributed by atoms with Gasteiger partial charge in [0, 0.05) is 23.7 Å². The Bertz CT molecular complexity index is 763. The molecule has 27 heavy (non-hydrogen) atoms. The predicted molar refractivity (Wildman–Crippen MR) is 104 cm³/mol. The van der Waals surface area contributed by atoms with Crippen molar-refractivity contribution in [2.45, 2.75) is 57.2 Å². The molecule has 1 aliphatic carbocycles. The van der Waals surface area contributed by atoms with Crippen LogP contribution in [-0.2, 0) is 19.6 Å². The number of hydrogen-bond donors (Lipinski definition) is 2. The first-order valence-electron chi connectivity index (χ1n) is 9.11. The number of ether oxygens (including phenoxy) is 1. The van der Waals surface area contributed by atoms with Gasteiger partial charge in [0.2, 0.25) is 15.9 Å². The number of aldehydes is 1. The zero-order chi connectivity index (χ0) is 20.1. The first-order valence-corrected chi connectivity index (χ1v) is 10.6. The Kier molecular flexibility index (Phi) is 7.00. The van der Waals surface area contributed by atoms with Crippen molar-refractivity contribution >= 4 is 27.9 Å². The molecule has 1 aliphatic rings. The van der Waals surface area contributed by atoms with Crippen molar-refractivity contribution < 1.29 is 22.7 Å². The number of anilines is 1. The van der Waals surface area contributed by atoms with E-state index in [1.54, 1.807) is 45.0 Å². The SMILES string of the molecule is CC(C)(C)S(=O)(=O)NC1CCC(C(=O)Nc2cccc(OCC=O)c2)CC1. The van der Waals surface area contributed by atoms with Crippen molar-refractivity contribution in [1.29, 1.82) is 0 Å². The van der Waals surface area contributed by atoms with Crippen molar-refractivity contribution in [3.8, 4) is 5.75 Å². The maximum absolute atomic E-state index is 12.5. The predicted octanol–water partition coefficient (Wildman–Crippen LogP) is 2.48. The summed E-state index contributed by atoms with van der Waals surface area (Å²) in [5.41, 5.74) is 0.610. The second-order valence-electron chi connectivity index (χ2n) is 7.78. The van der Waals surface area contributed by atoms with E-state index in [-0.39, 0.29) is 24.5 Å². The summed E-state index contributed by atoms with van der Waals surface area (Å²) in [7, 11) is -3.39. The number of carbonyl (C=O) groups is 2. The maximum Gasteiger partial charge on any atom is 0.227 e. The van der Waals surface area contributed by atoms with Gasteiger partial charge in [-0.2, -0.15) is 0 Å². The van der Waals surface area contributed by atoms with Gasteiger partial charge in [0.1, 0.15) is 12.4 Å². The molecule has 0 radical (unpaired) electrons. The molecular weight excluding hydrogens is 368 g/mol. The monoisotopic (exact) mass is 396 g/mol. The summed E-state index contributed by atoms with van der Waals surface area (Å²) >= 11 is 0. The van der Waals surface area contributed by atoms with Crippen LogP contribution in [0, 0.1) is 5.92 Å². The summed E-state index contributed by atoms with van der Waals surface area (Å²) in [6.45, 7) is 4.97. The van der Waals surface area contributed by atoms with Gasteiger partial charge in [0.05, 0.1) is 4.75 Å². The zero-order valence-corrected chi connectivity index (χ0v) is 16.8. The summed E-state index contributed by atoms with van der Waals surface area (Å²) in [6.07, 6.45) is 3.19. The summed E-state index contributed by atoms with van der Waals surface area (Å²) < 4.78 is 31.7. The van der Waals surface area contributed by atoms with Gasteiger partial charge in [0.25, 0.3) is 0 Å². The molecule has 2 rings (SSSR count). The van der Waals surface area contributed by atoms with Crippen LogP contribution in [0.1, 0.15) is 46.5 Å². The fourth-order valence-corrected chi connectivity index (χ4v) is 3.94. The third-order valence-electron chi connectivity index (χ3n) is 4.65. The number of sulfonamides is 1. The number of benzene rings is 1. The highest BCUT2D eigenvalue weighted by Gasteiger charge is 2.34. The summed E-state index contributed by atoms with van der Waals surface area (Å²) in [4.78, 5) is 22.9. The Morgan fingerprint density at radius 1 is 1.22 bits per heavy atom. The van der Waals surface area contributed by atoms with Gasteiger partial charge in [-0.1, -0.05) is 6.07 Å². The van der Waals surface area contributed by atoms with Crippen LogP contribution >= 0.6 is 0 Å². The van der Waals surface area contributed by atoms with Crippen molar-refractivity contribution in [3.05, 3.63) is 24.3 Å². The van der Waals surface area contributed by atoms with Gasteiger partial charge in [-0.3, -0.25) is 9.59 Å². The van der Waals surface area contributed by atoms with Crippen molar-refractivity contribution in [3.63, 3.8) is 0 Å². The van der Waals surface area contributed by atoms with Gasteiger partial charge in [-0.25, -0.2) is 13.1 Å². The molecule has 0 bridgehead atoms. The number of carbonyl (C=O) groups excluding carboxylic acids is 2. The molecule has 7 nitrogen and oxygen atoms in total. The summed E-state index contributed by atoms with van der Waals surface area (Å²) in [5, 5.41) is 2.87. The zero-order valence-electron chi connectivity index (χ0n) is 16.0. The van der Waals surface area contributed by atoms with Crippen LogP contribution in [0.15, 0.2) is 24.3 Å². The highest BCUT2D eigenvalue weighted by atomic mass is 32.2. The Hall–Kier alpha value is -1.93. The highest BCUT2D eigenvalue weighted by molar-refractivity contribution is 7.90. The largest absolute Gasteiger partial charge is 0.486 e. The van der Waals surface area contributed by atoms with E-state index < -0.39 is 14.8 Å². The van der Waals surface area contributed by atoms with E-state index in [2.05, 4.69) is 10.0 Å². The van der Waals surface area contributed by atoms with Crippen molar-refractivity contribution in [2.24, 2.45) is 5.92 Å². The van der Waals surface area contributed by atoms with Gasteiger partial charge >= 0.3 is 0 Å². The second kappa shape index (κ2) is 8.84. The highest BCUT2D eigenvalue weighted by Crippen LogP contribution is 2.28. The molecule has 150 valence electrons. The van der Waals surface area contributed by atoms with Gasteiger partial charge in [-0.05, 0) is 58.6 Å². The normalized spacial score (nSPS) is 20.7. The third kappa shape index (κ3) is 6.04. The van der Waals surface area contributed by atoms with Crippen LogP contribution in [0.4, 0.5) is 5.69 Å². The van der Waals surface area contributed by atoms with E-state index in [4.69, 9.17) is 4.74 Å². The molecule has 0 atom stereocenters. The molecule has 1 aromatic carbocycles. The number of hydrogen-bond acceptors (Lipinski definition) is 5. The molecule has 1 aromatic rings. The van der Waals surface area contributed by atoms with E-state index in [1.807, 2.05) is 0 Å². The summed E-state index contributed by atoms with van der Waals surface area (Å²) in [5.74, 6) is 0.278. The molecule has 2 N–H and O–H groups in total. The van der Waals surface area contributed by atoms with E-state index in [0.29, 0.717) is 43.4 Å².